The molecule has 1 unspecified atom stereocenters. The van der Waals surface area contributed by atoms with Gasteiger partial charge in [-0.25, -0.2) is 0 Å². The van der Waals surface area contributed by atoms with E-state index in [1.807, 2.05) is 0 Å². The molecule has 0 aromatic heterocycles. The molecule has 1 atom stereocenters. The van der Waals surface area contributed by atoms with Crippen LogP contribution < -0.4 is 5.32 Å². The van der Waals surface area contributed by atoms with Crippen molar-refractivity contribution in [2.75, 3.05) is 7.05 Å². The summed E-state index contributed by atoms with van der Waals surface area (Å²) < 4.78 is 0. The first kappa shape index (κ1) is 13.7. The van der Waals surface area contributed by atoms with Crippen molar-refractivity contribution in [3.8, 4) is 0 Å². The van der Waals surface area contributed by atoms with Gasteiger partial charge in [0.25, 0.3) is 0 Å². The van der Waals surface area contributed by atoms with Crippen LogP contribution in [0.3, 0.4) is 0 Å². The smallest absolute Gasteiger partial charge is 0.222 e. The number of hydrogen-bond acceptors (Lipinski definition) is 1. The van der Waals surface area contributed by atoms with Crippen LogP contribution in [0.4, 0.5) is 0 Å². The summed E-state index contributed by atoms with van der Waals surface area (Å²) in [6.45, 7) is 9.16. The summed E-state index contributed by atoms with van der Waals surface area (Å²) in [6, 6.07) is 1.12. The molecule has 0 radical (unpaired) electrons. The maximum atomic E-state index is 11.6. The Bertz CT molecular complexity index is 175. The minimum absolute atomic E-state index is 0.237. The average Bonchev–Trinajstić information content (AvgIpc) is 2.09. The van der Waals surface area contributed by atoms with E-state index in [2.05, 4.69) is 31.9 Å². The van der Waals surface area contributed by atoms with Crippen LogP contribution in [0.15, 0.2) is 0 Å². The second-order valence-electron chi connectivity index (χ2n) is 5.22. The number of unbranched alkanes of at least 4 members (excludes halogenated alkanes) is 1. The average molecular weight is 215 g/mol. The van der Waals surface area contributed by atoms with Crippen molar-refractivity contribution in [3.05, 3.63) is 0 Å². The SMILES string of the molecule is CCCCC(C[Si](C)(C)C)C(=O)NC. The first-order valence-corrected chi connectivity index (χ1v) is 9.33. The van der Waals surface area contributed by atoms with Crippen LogP contribution in [0.1, 0.15) is 26.2 Å². The second-order valence-corrected chi connectivity index (χ2v) is 10.7. The van der Waals surface area contributed by atoms with Gasteiger partial charge in [-0.15, -0.1) is 0 Å². The fraction of sp³-hybridized carbons (Fsp3) is 0.909. The summed E-state index contributed by atoms with van der Waals surface area (Å²) >= 11 is 0. The number of rotatable bonds is 6. The highest BCUT2D eigenvalue weighted by Crippen LogP contribution is 2.21. The third-order valence-electron chi connectivity index (χ3n) is 2.38. The molecule has 0 bridgehead atoms. The van der Waals surface area contributed by atoms with Crippen LogP contribution in [0.2, 0.25) is 25.7 Å². The van der Waals surface area contributed by atoms with Crippen molar-refractivity contribution in [3.63, 3.8) is 0 Å². The van der Waals surface area contributed by atoms with Gasteiger partial charge in [0, 0.05) is 21.0 Å². The van der Waals surface area contributed by atoms with E-state index < -0.39 is 8.07 Å². The van der Waals surface area contributed by atoms with Crippen molar-refractivity contribution in [1.82, 2.24) is 5.32 Å². The van der Waals surface area contributed by atoms with Crippen LogP contribution in [-0.4, -0.2) is 21.0 Å². The number of carbonyl (C=O) groups excluding carboxylic acids is 1. The molecule has 1 amide bonds. The maximum Gasteiger partial charge on any atom is 0.222 e. The van der Waals surface area contributed by atoms with E-state index in [-0.39, 0.29) is 11.8 Å². The Kier molecular flexibility index (Phi) is 6.08. The van der Waals surface area contributed by atoms with E-state index in [4.69, 9.17) is 0 Å². The molecular weight excluding hydrogens is 190 g/mol. The van der Waals surface area contributed by atoms with E-state index in [9.17, 15) is 4.79 Å². The Morgan fingerprint density at radius 2 is 1.93 bits per heavy atom. The molecule has 0 aromatic rings. The Balaban J connectivity index is 4.18. The van der Waals surface area contributed by atoms with Gasteiger partial charge in [0.2, 0.25) is 5.91 Å². The van der Waals surface area contributed by atoms with Crippen molar-refractivity contribution in [1.29, 1.82) is 0 Å². The zero-order valence-electron chi connectivity index (χ0n) is 10.3. The minimum atomic E-state index is -1.11. The van der Waals surface area contributed by atoms with Crippen LogP contribution in [0.25, 0.3) is 0 Å². The van der Waals surface area contributed by atoms with Gasteiger partial charge in [0.05, 0.1) is 0 Å². The van der Waals surface area contributed by atoms with Gasteiger partial charge in [-0.2, -0.15) is 0 Å². The molecule has 0 rings (SSSR count). The normalized spacial score (nSPS) is 13.8. The van der Waals surface area contributed by atoms with Crippen LogP contribution in [0, 0.1) is 5.92 Å². The van der Waals surface area contributed by atoms with E-state index in [1.165, 1.54) is 12.8 Å². The quantitative estimate of drug-likeness (QED) is 0.678. The largest absolute Gasteiger partial charge is 0.359 e. The summed E-state index contributed by atoms with van der Waals surface area (Å²) in [5.41, 5.74) is 0. The molecule has 0 spiro atoms. The fourth-order valence-electron chi connectivity index (χ4n) is 1.72. The topological polar surface area (TPSA) is 29.1 Å². The monoisotopic (exact) mass is 215 g/mol. The highest BCUT2D eigenvalue weighted by Gasteiger charge is 2.24. The Morgan fingerprint density at radius 1 is 1.36 bits per heavy atom. The molecule has 84 valence electrons. The number of amides is 1. The molecule has 2 nitrogen and oxygen atoms in total. The highest BCUT2D eigenvalue weighted by atomic mass is 28.3. The van der Waals surface area contributed by atoms with E-state index in [0.717, 1.165) is 12.5 Å². The third kappa shape index (κ3) is 6.19. The lowest BCUT2D eigenvalue weighted by Crippen LogP contribution is -2.33. The van der Waals surface area contributed by atoms with Gasteiger partial charge in [-0.3, -0.25) is 4.79 Å². The van der Waals surface area contributed by atoms with Crippen molar-refractivity contribution >= 4 is 14.0 Å². The van der Waals surface area contributed by atoms with E-state index in [0.29, 0.717) is 0 Å². The molecule has 14 heavy (non-hydrogen) atoms. The predicted molar refractivity (Wildman–Crippen MR) is 65.2 cm³/mol. The van der Waals surface area contributed by atoms with Gasteiger partial charge in [0.1, 0.15) is 0 Å². The Labute approximate surface area is 89.5 Å². The zero-order chi connectivity index (χ0) is 11.2. The predicted octanol–water partition coefficient (Wildman–Crippen LogP) is 2.88. The number of hydrogen-bond donors (Lipinski definition) is 1. The third-order valence-corrected chi connectivity index (χ3v) is 4.10. The van der Waals surface area contributed by atoms with Crippen molar-refractivity contribution < 1.29 is 4.79 Å². The molecule has 0 aliphatic heterocycles. The summed E-state index contributed by atoms with van der Waals surface area (Å²) in [7, 11) is 0.631. The number of carbonyl (C=O) groups is 1. The van der Waals surface area contributed by atoms with Crippen LogP contribution in [-0.2, 0) is 4.79 Å². The van der Waals surface area contributed by atoms with Gasteiger partial charge in [-0.05, 0) is 12.5 Å². The lowest BCUT2D eigenvalue weighted by molar-refractivity contribution is -0.124. The molecule has 3 heteroatoms. The van der Waals surface area contributed by atoms with Crippen LogP contribution in [0.5, 0.6) is 0 Å². The standard InChI is InChI=1S/C11H25NOSi/c1-6-7-8-10(11(13)12-2)9-14(3,4)5/h10H,6-9H2,1-5H3,(H,12,13). The molecule has 1 N–H and O–H groups in total. The van der Waals surface area contributed by atoms with Crippen molar-refractivity contribution in [2.24, 2.45) is 5.92 Å². The molecule has 0 fully saturated rings. The molecule has 0 saturated heterocycles. The van der Waals surface area contributed by atoms with E-state index >= 15 is 0 Å². The molecule has 0 aliphatic carbocycles. The lowest BCUT2D eigenvalue weighted by atomic mass is 10.0. The van der Waals surface area contributed by atoms with Crippen LogP contribution >= 0.6 is 0 Å². The molecular formula is C11H25NOSi. The molecule has 0 saturated carbocycles. The Hall–Kier alpha value is -0.313. The number of nitrogens with one attached hydrogen (secondary N) is 1. The summed E-state index contributed by atoms with van der Waals surface area (Å²) in [5, 5.41) is 2.78. The molecule has 0 aromatic carbocycles. The first-order chi connectivity index (χ1) is 6.40. The maximum absolute atomic E-state index is 11.6. The van der Waals surface area contributed by atoms with E-state index in [1.54, 1.807) is 7.05 Å². The Morgan fingerprint density at radius 3 is 2.29 bits per heavy atom. The minimum Gasteiger partial charge on any atom is -0.359 e. The summed E-state index contributed by atoms with van der Waals surface area (Å²) in [6.07, 6.45) is 3.40. The highest BCUT2D eigenvalue weighted by molar-refractivity contribution is 6.76. The van der Waals surface area contributed by atoms with Gasteiger partial charge < -0.3 is 5.32 Å². The summed E-state index contributed by atoms with van der Waals surface area (Å²) in [5.74, 6) is 0.493. The molecule has 0 aliphatic rings. The van der Waals surface area contributed by atoms with Gasteiger partial charge >= 0.3 is 0 Å². The van der Waals surface area contributed by atoms with Crippen molar-refractivity contribution in [2.45, 2.75) is 51.9 Å². The first-order valence-electron chi connectivity index (χ1n) is 5.62. The zero-order valence-corrected chi connectivity index (χ0v) is 11.3. The lowest BCUT2D eigenvalue weighted by Gasteiger charge is -2.23. The summed E-state index contributed by atoms with van der Waals surface area (Å²) in [4.78, 5) is 11.6. The second kappa shape index (κ2) is 6.22. The fourth-order valence-corrected chi connectivity index (χ4v) is 3.59. The van der Waals surface area contributed by atoms with Gasteiger partial charge in [0.15, 0.2) is 0 Å². The molecule has 0 heterocycles. The van der Waals surface area contributed by atoms with Gasteiger partial charge in [-0.1, -0.05) is 39.4 Å².